The van der Waals surface area contributed by atoms with Crippen molar-refractivity contribution in [2.24, 2.45) is 10.9 Å². The van der Waals surface area contributed by atoms with Gasteiger partial charge in [0.2, 0.25) is 21.8 Å². The van der Waals surface area contributed by atoms with Crippen molar-refractivity contribution >= 4 is 21.8 Å². The molecule has 0 spiro atoms. The van der Waals surface area contributed by atoms with E-state index in [2.05, 4.69) is 10.6 Å². The van der Waals surface area contributed by atoms with Crippen LogP contribution in [0.25, 0.3) is 0 Å². The fourth-order valence-electron chi connectivity index (χ4n) is 1.35. The molecule has 2 amide bonds. The molecule has 0 aliphatic carbocycles. The summed E-state index contributed by atoms with van der Waals surface area (Å²) < 4.78 is 22.3. The third-order valence-electron chi connectivity index (χ3n) is 2.35. The molecular formula is C11H16N4O4S. The molecule has 1 aromatic rings. The van der Waals surface area contributed by atoms with E-state index in [1.807, 2.05) is 0 Å². The monoisotopic (exact) mass is 300 g/mol. The van der Waals surface area contributed by atoms with E-state index in [0.717, 1.165) is 0 Å². The molecule has 0 saturated carbocycles. The maximum absolute atomic E-state index is 11.4. The highest BCUT2D eigenvalue weighted by Gasteiger charge is 2.08. The van der Waals surface area contributed by atoms with Crippen molar-refractivity contribution in [2.75, 3.05) is 13.1 Å². The highest BCUT2D eigenvalue weighted by atomic mass is 32.2. The van der Waals surface area contributed by atoms with Crippen LogP contribution in [0.2, 0.25) is 0 Å². The molecular weight excluding hydrogens is 284 g/mol. The van der Waals surface area contributed by atoms with E-state index in [1.165, 1.54) is 18.2 Å². The van der Waals surface area contributed by atoms with Crippen molar-refractivity contribution in [3.8, 4) is 0 Å². The van der Waals surface area contributed by atoms with E-state index in [4.69, 9.17) is 10.9 Å². The summed E-state index contributed by atoms with van der Waals surface area (Å²) in [5.41, 5.74) is 5.65. The Labute approximate surface area is 116 Å². The largest absolute Gasteiger partial charge is 0.350 e. The van der Waals surface area contributed by atoms with E-state index >= 15 is 0 Å². The van der Waals surface area contributed by atoms with Gasteiger partial charge in [-0.3, -0.25) is 9.59 Å². The molecule has 0 unspecified atom stereocenters. The lowest BCUT2D eigenvalue weighted by molar-refractivity contribution is -0.125. The topological polar surface area (TPSA) is 144 Å². The number of sulfonamides is 1. The van der Waals surface area contributed by atoms with Crippen LogP contribution in [0.1, 0.15) is 5.56 Å². The van der Waals surface area contributed by atoms with Gasteiger partial charge in [-0.25, -0.2) is 13.6 Å². The predicted octanol–water partition coefficient (Wildman–Crippen LogP) is -1.97. The first-order valence-corrected chi connectivity index (χ1v) is 7.23. The van der Waals surface area contributed by atoms with Crippen molar-refractivity contribution in [1.82, 2.24) is 10.6 Å². The minimum Gasteiger partial charge on any atom is -0.350 e. The summed E-state index contributed by atoms with van der Waals surface area (Å²) >= 11 is 0. The summed E-state index contributed by atoms with van der Waals surface area (Å²) in [7, 11) is -3.77. The third-order valence-corrected chi connectivity index (χ3v) is 3.26. The SMILES string of the molecule is NCC(=O)NCC(=O)NCc1cccc(S(N)(=O)=O)c1. The number of hydrogen-bond acceptors (Lipinski definition) is 5. The molecule has 110 valence electrons. The molecule has 0 aliphatic heterocycles. The van der Waals surface area contributed by atoms with Crippen LogP contribution in [0.4, 0.5) is 0 Å². The van der Waals surface area contributed by atoms with Crippen molar-refractivity contribution in [2.45, 2.75) is 11.4 Å². The van der Waals surface area contributed by atoms with Crippen molar-refractivity contribution < 1.29 is 18.0 Å². The van der Waals surface area contributed by atoms with Crippen LogP contribution in [-0.2, 0) is 26.2 Å². The minimum absolute atomic E-state index is 0.0271. The predicted molar refractivity (Wildman–Crippen MR) is 71.7 cm³/mol. The van der Waals surface area contributed by atoms with Gasteiger partial charge < -0.3 is 16.4 Å². The Hall–Kier alpha value is -1.97. The highest BCUT2D eigenvalue weighted by Crippen LogP contribution is 2.09. The average Bonchev–Trinajstić information content (AvgIpc) is 2.41. The van der Waals surface area contributed by atoms with Crippen LogP contribution < -0.4 is 21.5 Å². The number of hydrogen-bond donors (Lipinski definition) is 4. The molecule has 1 aromatic carbocycles. The first-order valence-electron chi connectivity index (χ1n) is 5.68. The van der Waals surface area contributed by atoms with Crippen LogP contribution in [0.5, 0.6) is 0 Å². The zero-order chi connectivity index (χ0) is 15.2. The normalized spacial score (nSPS) is 10.9. The zero-order valence-electron chi connectivity index (χ0n) is 10.6. The average molecular weight is 300 g/mol. The van der Waals surface area contributed by atoms with Crippen molar-refractivity contribution in [3.05, 3.63) is 29.8 Å². The van der Waals surface area contributed by atoms with Gasteiger partial charge in [0.25, 0.3) is 0 Å². The number of rotatable bonds is 6. The second-order valence-corrected chi connectivity index (χ2v) is 5.51. The molecule has 0 atom stereocenters. The smallest absolute Gasteiger partial charge is 0.239 e. The van der Waals surface area contributed by atoms with E-state index in [-0.39, 0.29) is 24.5 Å². The van der Waals surface area contributed by atoms with Gasteiger partial charge in [-0.05, 0) is 17.7 Å². The summed E-state index contributed by atoms with van der Waals surface area (Å²) in [4.78, 5) is 22.2. The summed E-state index contributed by atoms with van der Waals surface area (Å²) in [6, 6.07) is 5.90. The maximum Gasteiger partial charge on any atom is 0.239 e. The van der Waals surface area contributed by atoms with Crippen molar-refractivity contribution in [3.63, 3.8) is 0 Å². The Balaban J connectivity index is 2.54. The number of nitrogens with two attached hydrogens (primary N) is 2. The fraction of sp³-hybridized carbons (Fsp3) is 0.273. The minimum atomic E-state index is -3.77. The first-order chi connectivity index (χ1) is 9.32. The molecule has 0 aliphatic rings. The van der Waals surface area contributed by atoms with Crippen LogP contribution in [0.3, 0.4) is 0 Å². The standard InChI is InChI=1S/C11H16N4O4S/c12-5-10(16)15-7-11(17)14-6-8-2-1-3-9(4-8)20(13,18)19/h1-4H,5-7,12H2,(H,14,17)(H,15,16)(H2,13,18,19). The van der Waals surface area contributed by atoms with Crippen LogP contribution in [-0.4, -0.2) is 33.3 Å². The molecule has 0 radical (unpaired) electrons. The lowest BCUT2D eigenvalue weighted by Crippen LogP contribution is -2.39. The Kier molecular flexibility index (Phi) is 5.62. The van der Waals surface area contributed by atoms with Gasteiger partial charge in [0, 0.05) is 6.54 Å². The molecule has 9 heteroatoms. The fourth-order valence-corrected chi connectivity index (χ4v) is 1.93. The van der Waals surface area contributed by atoms with Gasteiger partial charge in [-0.1, -0.05) is 12.1 Å². The Morgan fingerprint density at radius 2 is 1.85 bits per heavy atom. The maximum atomic E-state index is 11.4. The molecule has 0 fully saturated rings. The van der Waals surface area contributed by atoms with Crippen LogP contribution >= 0.6 is 0 Å². The summed E-state index contributed by atoms with van der Waals surface area (Å²) in [5.74, 6) is -0.843. The zero-order valence-corrected chi connectivity index (χ0v) is 11.4. The van der Waals surface area contributed by atoms with Gasteiger partial charge in [0.1, 0.15) is 0 Å². The molecule has 8 nitrogen and oxygen atoms in total. The number of primary sulfonamides is 1. The quantitative estimate of drug-likeness (QED) is 0.481. The second kappa shape index (κ2) is 6.98. The molecule has 0 aromatic heterocycles. The molecule has 20 heavy (non-hydrogen) atoms. The van der Waals surface area contributed by atoms with Gasteiger partial charge in [0.05, 0.1) is 18.0 Å². The molecule has 1 rings (SSSR count). The second-order valence-electron chi connectivity index (χ2n) is 3.95. The third kappa shape index (κ3) is 5.34. The lowest BCUT2D eigenvalue weighted by Gasteiger charge is -2.07. The molecule has 0 saturated heterocycles. The van der Waals surface area contributed by atoms with Crippen LogP contribution in [0, 0.1) is 0 Å². The number of nitrogens with one attached hydrogen (secondary N) is 2. The first kappa shape index (κ1) is 16.1. The van der Waals surface area contributed by atoms with E-state index in [9.17, 15) is 18.0 Å². The van der Waals surface area contributed by atoms with Gasteiger partial charge in [0.15, 0.2) is 0 Å². The van der Waals surface area contributed by atoms with Crippen molar-refractivity contribution in [1.29, 1.82) is 0 Å². The van der Waals surface area contributed by atoms with Gasteiger partial charge >= 0.3 is 0 Å². The van der Waals surface area contributed by atoms with E-state index < -0.39 is 21.8 Å². The Bertz CT molecular complexity index is 600. The molecule has 0 heterocycles. The summed E-state index contributed by atoms with van der Waals surface area (Å²) in [6.45, 7) is -0.255. The summed E-state index contributed by atoms with van der Waals surface area (Å²) in [5, 5.41) is 9.84. The van der Waals surface area contributed by atoms with E-state index in [0.29, 0.717) is 5.56 Å². The Morgan fingerprint density at radius 3 is 2.45 bits per heavy atom. The van der Waals surface area contributed by atoms with Gasteiger partial charge in [-0.2, -0.15) is 0 Å². The van der Waals surface area contributed by atoms with Crippen LogP contribution in [0.15, 0.2) is 29.2 Å². The van der Waals surface area contributed by atoms with E-state index in [1.54, 1.807) is 6.07 Å². The summed E-state index contributed by atoms with van der Waals surface area (Å²) in [6.07, 6.45) is 0. The number of carbonyl (C=O) groups is 2. The Morgan fingerprint density at radius 1 is 1.15 bits per heavy atom. The number of carbonyl (C=O) groups excluding carboxylic acids is 2. The number of benzene rings is 1. The highest BCUT2D eigenvalue weighted by molar-refractivity contribution is 7.89. The number of amides is 2. The lowest BCUT2D eigenvalue weighted by atomic mass is 10.2. The molecule has 0 bridgehead atoms. The molecule has 6 N–H and O–H groups in total. The van der Waals surface area contributed by atoms with Gasteiger partial charge in [-0.15, -0.1) is 0 Å².